The van der Waals surface area contributed by atoms with Gasteiger partial charge in [0.05, 0.1) is 41.4 Å². The van der Waals surface area contributed by atoms with E-state index in [0.717, 1.165) is 18.6 Å². The summed E-state index contributed by atoms with van der Waals surface area (Å²) in [6.07, 6.45) is -3.38. The molecule has 1 fully saturated rings. The van der Waals surface area contributed by atoms with Gasteiger partial charge in [0.15, 0.2) is 0 Å². The molecule has 0 unspecified atom stereocenters. The predicted octanol–water partition coefficient (Wildman–Crippen LogP) is 6.78. The molecule has 0 saturated carbocycles. The Morgan fingerprint density at radius 2 is 1.98 bits per heavy atom. The van der Waals surface area contributed by atoms with Gasteiger partial charge in [0.25, 0.3) is 0 Å². The Hall–Kier alpha value is -3.67. The van der Waals surface area contributed by atoms with E-state index in [4.69, 9.17) is 26.1 Å². The van der Waals surface area contributed by atoms with Crippen LogP contribution in [-0.2, 0) is 43.6 Å². The van der Waals surface area contributed by atoms with Gasteiger partial charge in [0, 0.05) is 30.3 Å². The molecule has 1 saturated heterocycles. The predicted molar refractivity (Wildman–Crippen MR) is 151 cm³/mol. The van der Waals surface area contributed by atoms with E-state index in [1.54, 1.807) is 19.1 Å². The molecule has 0 aliphatic carbocycles. The van der Waals surface area contributed by atoms with Crippen molar-refractivity contribution in [1.82, 2.24) is 14.5 Å². The van der Waals surface area contributed by atoms with Crippen LogP contribution in [0.1, 0.15) is 50.4 Å². The number of imidazole rings is 1. The third-order valence-electron chi connectivity index (χ3n) is 8.03. The minimum Gasteiger partial charge on any atom is -0.488 e. The van der Waals surface area contributed by atoms with Crippen molar-refractivity contribution < 1.29 is 36.9 Å². The van der Waals surface area contributed by atoms with Gasteiger partial charge in [0.1, 0.15) is 24.0 Å². The van der Waals surface area contributed by atoms with Crippen LogP contribution in [0.25, 0.3) is 11.0 Å². The van der Waals surface area contributed by atoms with Gasteiger partial charge >= 0.3 is 12.1 Å². The monoisotopic (exact) mass is 617 g/mol. The largest absolute Gasteiger partial charge is 0.488 e. The maximum atomic E-state index is 14.4. The number of benzene rings is 3. The lowest BCUT2D eigenvalue weighted by molar-refractivity contribution is -0.139. The summed E-state index contributed by atoms with van der Waals surface area (Å²) in [5.74, 6) is -1.34. The van der Waals surface area contributed by atoms with Gasteiger partial charge in [-0.25, -0.2) is 14.2 Å². The summed E-state index contributed by atoms with van der Waals surface area (Å²) in [4.78, 5) is 18.5. The number of hydrogen-bond acceptors (Lipinski definition) is 5. The van der Waals surface area contributed by atoms with Gasteiger partial charge in [-0.15, -0.1) is 0 Å². The summed E-state index contributed by atoms with van der Waals surface area (Å²) in [5, 5.41) is 9.72. The molecule has 2 aliphatic rings. The van der Waals surface area contributed by atoms with Crippen LogP contribution in [0.2, 0.25) is 5.02 Å². The molecule has 0 radical (unpaired) electrons. The second kappa shape index (κ2) is 11.4. The van der Waals surface area contributed by atoms with Crippen LogP contribution < -0.4 is 4.74 Å². The number of halogens is 5. The molecule has 3 aromatic carbocycles. The Kier molecular flexibility index (Phi) is 7.82. The second-order valence-electron chi connectivity index (χ2n) is 11.0. The number of ether oxygens (including phenoxy) is 2. The third kappa shape index (κ3) is 6.07. The highest BCUT2D eigenvalue weighted by Gasteiger charge is 2.36. The molecule has 1 atom stereocenters. The number of nitrogens with zero attached hydrogens (tertiary/aromatic N) is 3. The average molecular weight is 618 g/mol. The zero-order valence-corrected chi connectivity index (χ0v) is 23.9. The number of hydrogen-bond donors (Lipinski definition) is 1. The standard InChI is InChI=1S/C31H28ClF4N3O4/c1-17-8-21(25(33)12-24(17)32)16-43-28-11-20-13-38(6-4-18(20)9-23(28)31(34,35)36)15-29-37-26-3-2-19(30(40)41)10-27(26)39(29)14-22-5-7-42-22/h2-3,8-12,22H,4-7,13-16H2,1H3,(H,40,41)/t22-/m0/s1. The van der Waals surface area contributed by atoms with Crippen LogP contribution in [0.15, 0.2) is 42.5 Å². The molecule has 0 amide bonds. The Bertz CT molecular complexity index is 1720. The van der Waals surface area contributed by atoms with E-state index in [0.29, 0.717) is 72.8 Å². The number of aromatic nitrogens is 2. The molecule has 6 rings (SSSR count). The van der Waals surface area contributed by atoms with Gasteiger partial charge in [-0.2, -0.15) is 13.2 Å². The number of aromatic carboxylic acids is 1. The fraction of sp³-hybridized carbons (Fsp3) is 0.355. The van der Waals surface area contributed by atoms with Crippen LogP contribution >= 0.6 is 11.6 Å². The SMILES string of the molecule is Cc1cc(COc2cc3c(cc2C(F)(F)F)CCN(Cc2nc4ccc(C(=O)O)cc4n2C[C@@H]2CCO2)C3)c(F)cc1Cl. The Balaban J connectivity index is 1.27. The smallest absolute Gasteiger partial charge is 0.419 e. The molecule has 0 bridgehead atoms. The second-order valence-corrected chi connectivity index (χ2v) is 11.4. The summed E-state index contributed by atoms with van der Waals surface area (Å²) in [6, 6.07) is 9.91. The van der Waals surface area contributed by atoms with Crippen LogP contribution in [0.4, 0.5) is 17.6 Å². The Morgan fingerprint density at radius 3 is 2.67 bits per heavy atom. The van der Waals surface area contributed by atoms with E-state index in [1.807, 2.05) is 4.57 Å². The summed E-state index contributed by atoms with van der Waals surface area (Å²) in [7, 11) is 0. The molecular formula is C31H28ClF4N3O4. The third-order valence-corrected chi connectivity index (χ3v) is 8.44. The first-order valence-corrected chi connectivity index (χ1v) is 14.2. The highest BCUT2D eigenvalue weighted by molar-refractivity contribution is 6.31. The van der Waals surface area contributed by atoms with E-state index in [1.165, 1.54) is 18.2 Å². The van der Waals surface area contributed by atoms with Gasteiger partial charge in [-0.3, -0.25) is 4.90 Å². The van der Waals surface area contributed by atoms with Crippen LogP contribution in [0, 0.1) is 12.7 Å². The maximum Gasteiger partial charge on any atom is 0.419 e. The van der Waals surface area contributed by atoms with Crippen molar-refractivity contribution in [3.05, 3.63) is 92.5 Å². The van der Waals surface area contributed by atoms with Crippen molar-refractivity contribution >= 4 is 28.6 Å². The minimum atomic E-state index is -4.65. The highest BCUT2D eigenvalue weighted by Crippen LogP contribution is 2.40. The molecule has 4 aromatic rings. The maximum absolute atomic E-state index is 14.4. The number of aryl methyl sites for hydroxylation is 1. The molecule has 12 heteroatoms. The van der Waals surface area contributed by atoms with Crippen molar-refractivity contribution in [2.75, 3.05) is 13.2 Å². The Morgan fingerprint density at radius 1 is 1.19 bits per heavy atom. The van der Waals surface area contributed by atoms with Crippen LogP contribution in [-0.4, -0.2) is 44.8 Å². The zero-order valence-electron chi connectivity index (χ0n) is 23.2. The van der Waals surface area contributed by atoms with Crippen molar-refractivity contribution in [1.29, 1.82) is 0 Å². The van der Waals surface area contributed by atoms with Crippen molar-refractivity contribution in [3.63, 3.8) is 0 Å². The number of rotatable bonds is 8. The van der Waals surface area contributed by atoms with Gasteiger partial charge in [-0.05, 0) is 78.9 Å². The molecule has 43 heavy (non-hydrogen) atoms. The highest BCUT2D eigenvalue weighted by atomic mass is 35.5. The van der Waals surface area contributed by atoms with E-state index >= 15 is 0 Å². The number of carboxylic acid groups (broad SMARTS) is 1. The molecule has 226 valence electrons. The topological polar surface area (TPSA) is 76.8 Å². The summed E-state index contributed by atoms with van der Waals surface area (Å²) in [6.45, 7) is 3.73. The first-order chi connectivity index (χ1) is 20.5. The van der Waals surface area contributed by atoms with Crippen molar-refractivity contribution in [2.24, 2.45) is 0 Å². The number of alkyl halides is 3. The summed E-state index contributed by atoms with van der Waals surface area (Å²) < 4.78 is 69.7. The average Bonchev–Trinajstić information content (AvgIpc) is 3.26. The molecule has 1 N–H and O–H groups in total. The first-order valence-electron chi connectivity index (χ1n) is 13.8. The lowest BCUT2D eigenvalue weighted by Gasteiger charge is -2.31. The zero-order chi connectivity index (χ0) is 30.5. The van der Waals surface area contributed by atoms with E-state index in [9.17, 15) is 27.5 Å². The van der Waals surface area contributed by atoms with Gasteiger partial charge in [-0.1, -0.05) is 11.6 Å². The Labute approximate surface area is 249 Å². The van der Waals surface area contributed by atoms with Gasteiger partial charge < -0.3 is 19.1 Å². The number of carbonyl (C=O) groups is 1. The summed E-state index contributed by atoms with van der Waals surface area (Å²) >= 11 is 5.96. The minimum absolute atomic E-state index is 0.00137. The fourth-order valence-corrected chi connectivity index (χ4v) is 5.72. The first kappa shape index (κ1) is 29.4. The van der Waals surface area contributed by atoms with E-state index in [2.05, 4.69) is 4.90 Å². The summed E-state index contributed by atoms with van der Waals surface area (Å²) in [5.41, 5.74) is 2.56. The number of fused-ring (bicyclic) bond motifs is 2. The number of carboxylic acids is 1. The van der Waals surface area contributed by atoms with E-state index < -0.39 is 23.5 Å². The lowest BCUT2D eigenvalue weighted by Crippen LogP contribution is -2.34. The van der Waals surface area contributed by atoms with Crippen molar-refractivity contribution in [2.45, 2.75) is 58.3 Å². The van der Waals surface area contributed by atoms with E-state index in [-0.39, 0.29) is 34.6 Å². The molecule has 1 aromatic heterocycles. The normalized spacial score (nSPS) is 17.1. The fourth-order valence-electron chi connectivity index (χ4n) is 5.57. The van der Waals surface area contributed by atoms with Crippen LogP contribution in [0.3, 0.4) is 0 Å². The quantitative estimate of drug-likeness (QED) is 0.220. The van der Waals surface area contributed by atoms with Crippen molar-refractivity contribution in [3.8, 4) is 5.75 Å². The molecule has 0 spiro atoms. The van der Waals surface area contributed by atoms with Crippen LogP contribution in [0.5, 0.6) is 5.75 Å². The van der Waals surface area contributed by atoms with Gasteiger partial charge in [0.2, 0.25) is 0 Å². The molecule has 3 heterocycles. The lowest BCUT2D eigenvalue weighted by atomic mass is 9.96. The molecule has 7 nitrogen and oxygen atoms in total. The molecule has 2 aliphatic heterocycles. The molecular weight excluding hydrogens is 590 g/mol.